The molecule has 2 aliphatic rings. The highest BCUT2D eigenvalue weighted by molar-refractivity contribution is 5.97. The lowest BCUT2D eigenvalue weighted by Gasteiger charge is -2.32. The molecule has 1 saturated heterocycles. The van der Waals surface area contributed by atoms with Gasteiger partial charge in [-0.1, -0.05) is 37.3 Å². The fraction of sp³-hybridized carbons (Fsp3) is 0.543. The number of nitrogens with one attached hydrogen (secondary N) is 2. The molecule has 0 bridgehead atoms. The second kappa shape index (κ2) is 16.5. The normalized spacial score (nSPS) is 22.3. The topological polar surface area (TPSA) is 114 Å². The summed E-state index contributed by atoms with van der Waals surface area (Å²) in [4.78, 5) is 48.8. The van der Waals surface area contributed by atoms with Crippen molar-refractivity contribution in [3.8, 4) is 0 Å². The van der Waals surface area contributed by atoms with Crippen molar-refractivity contribution in [2.24, 2.45) is 11.8 Å². The monoisotopic (exact) mass is 625 g/mol. The van der Waals surface area contributed by atoms with Gasteiger partial charge in [0.1, 0.15) is 17.7 Å². The van der Waals surface area contributed by atoms with Crippen LogP contribution in [0.1, 0.15) is 88.1 Å². The summed E-state index contributed by atoms with van der Waals surface area (Å²) in [5, 5.41) is 5.64. The van der Waals surface area contributed by atoms with Gasteiger partial charge >= 0.3 is 12.1 Å². The third-order valence-corrected chi connectivity index (χ3v) is 8.51. The number of esters is 1. The maximum absolute atomic E-state index is 14.3. The van der Waals surface area contributed by atoms with Crippen LogP contribution in [-0.4, -0.2) is 67.5 Å². The molecule has 10 heteroatoms. The summed E-state index contributed by atoms with van der Waals surface area (Å²) in [7, 11) is 3.12. The first-order valence-electron chi connectivity index (χ1n) is 15.8. The highest BCUT2D eigenvalue weighted by Crippen LogP contribution is 2.34. The van der Waals surface area contributed by atoms with Gasteiger partial charge in [-0.2, -0.15) is 0 Å². The number of rotatable bonds is 8. The summed E-state index contributed by atoms with van der Waals surface area (Å²) in [5.74, 6) is -0.814. The van der Waals surface area contributed by atoms with Crippen molar-refractivity contribution in [2.75, 3.05) is 26.0 Å². The van der Waals surface area contributed by atoms with E-state index in [2.05, 4.69) is 22.3 Å². The Kier molecular flexibility index (Phi) is 13.1. The number of amides is 2. The fourth-order valence-electron chi connectivity index (χ4n) is 6.14. The van der Waals surface area contributed by atoms with Crippen LogP contribution in [0.25, 0.3) is 0 Å². The average Bonchev–Trinajstić information content (AvgIpc) is 3.41. The number of ether oxygens (including phenoxy) is 2. The predicted octanol–water partition coefficient (Wildman–Crippen LogP) is 6.33. The maximum atomic E-state index is 14.3. The van der Waals surface area contributed by atoms with Crippen molar-refractivity contribution in [2.45, 2.75) is 89.8 Å². The van der Waals surface area contributed by atoms with Crippen molar-refractivity contribution in [1.82, 2.24) is 10.2 Å². The molecule has 3 atom stereocenters. The number of methoxy groups -OCH3 is 1. The Morgan fingerprint density at radius 2 is 1.71 bits per heavy atom. The zero-order chi connectivity index (χ0) is 33.1. The van der Waals surface area contributed by atoms with E-state index >= 15 is 0 Å². The van der Waals surface area contributed by atoms with Gasteiger partial charge in [-0.15, -0.1) is 0 Å². The molecule has 2 aromatic carbocycles. The van der Waals surface area contributed by atoms with E-state index in [9.17, 15) is 23.6 Å². The Balaban J connectivity index is 0.000000259. The van der Waals surface area contributed by atoms with Gasteiger partial charge in [0.2, 0.25) is 5.91 Å². The predicted molar refractivity (Wildman–Crippen MR) is 172 cm³/mol. The van der Waals surface area contributed by atoms with E-state index in [-0.39, 0.29) is 47.2 Å². The van der Waals surface area contributed by atoms with Crippen molar-refractivity contribution in [1.29, 1.82) is 0 Å². The maximum Gasteiger partial charge on any atom is 0.407 e. The smallest absolute Gasteiger partial charge is 0.407 e. The van der Waals surface area contributed by atoms with Crippen LogP contribution >= 0.6 is 0 Å². The fourth-order valence-corrected chi connectivity index (χ4v) is 6.14. The minimum absolute atomic E-state index is 0.0507. The van der Waals surface area contributed by atoms with Crippen LogP contribution < -0.4 is 10.6 Å². The van der Waals surface area contributed by atoms with Crippen molar-refractivity contribution < 1.29 is 33.0 Å². The summed E-state index contributed by atoms with van der Waals surface area (Å²) < 4.78 is 24.1. The third kappa shape index (κ3) is 10.4. The van der Waals surface area contributed by atoms with Crippen LogP contribution in [0.2, 0.25) is 0 Å². The SMILES string of the molecule is CCC(NC(=O)OC(C)(C)C)C1CCC(C=O)CC1.COC(=O)c1ccc(NC(=O)C2[C@@H](c3ccccc3)CCN2C)c(F)c1. The van der Waals surface area contributed by atoms with Crippen molar-refractivity contribution >= 4 is 29.9 Å². The van der Waals surface area contributed by atoms with Crippen LogP contribution in [-0.2, 0) is 19.1 Å². The van der Waals surface area contributed by atoms with Crippen LogP contribution in [0.4, 0.5) is 14.9 Å². The Hall–Kier alpha value is -3.79. The minimum Gasteiger partial charge on any atom is -0.465 e. The standard InChI is InChI=1S/C20H21FN2O3.C15H27NO3/c1-23-11-10-15(13-6-4-3-5-7-13)18(23)19(24)22-17-9-8-14(12-16(17)21)20(25)26-2;1-5-13(16-14(18)19-15(2,3)4)12-8-6-11(10-17)7-9-12/h3-9,12,15,18H,10-11H2,1-2H3,(H,22,24);10-13H,5-9H2,1-4H3,(H,16,18)/t15-,18?;/m1./s1. The Morgan fingerprint density at radius 1 is 1.04 bits per heavy atom. The summed E-state index contributed by atoms with van der Waals surface area (Å²) in [6.07, 6.45) is 6.41. The number of alkyl carbamates (subject to hydrolysis) is 1. The summed E-state index contributed by atoms with van der Waals surface area (Å²) in [5.41, 5.74) is 0.786. The molecule has 2 fully saturated rings. The van der Waals surface area contributed by atoms with Crippen molar-refractivity contribution in [3.63, 3.8) is 0 Å². The van der Waals surface area contributed by atoms with E-state index in [1.807, 2.05) is 63.1 Å². The van der Waals surface area contributed by atoms with E-state index in [1.54, 1.807) is 0 Å². The number of halogens is 1. The zero-order valence-corrected chi connectivity index (χ0v) is 27.3. The van der Waals surface area contributed by atoms with E-state index in [4.69, 9.17) is 4.74 Å². The summed E-state index contributed by atoms with van der Waals surface area (Å²) >= 11 is 0. The molecule has 1 heterocycles. The number of benzene rings is 2. The van der Waals surface area contributed by atoms with Gasteiger partial charge < -0.3 is 24.9 Å². The zero-order valence-electron chi connectivity index (χ0n) is 27.3. The molecule has 0 radical (unpaired) electrons. The van der Waals surface area contributed by atoms with E-state index in [0.717, 1.165) is 63.0 Å². The molecule has 0 spiro atoms. The first kappa shape index (κ1) is 35.7. The second-order valence-corrected chi connectivity index (χ2v) is 12.9. The summed E-state index contributed by atoms with van der Waals surface area (Å²) in [6.45, 7) is 8.46. The lowest BCUT2D eigenvalue weighted by molar-refractivity contribution is -0.120. The molecule has 0 aromatic heterocycles. The molecule has 1 aliphatic heterocycles. The van der Waals surface area contributed by atoms with Gasteiger partial charge in [0.05, 0.1) is 24.4 Å². The van der Waals surface area contributed by atoms with Gasteiger partial charge in [-0.3, -0.25) is 9.69 Å². The molecular formula is C35H48FN3O6. The number of carbonyl (C=O) groups excluding carboxylic acids is 4. The highest BCUT2D eigenvalue weighted by atomic mass is 19.1. The number of likely N-dealkylation sites (N-methyl/N-ethyl adjacent to an activating group) is 1. The molecule has 45 heavy (non-hydrogen) atoms. The van der Waals surface area contributed by atoms with Crippen LogP contribution in [0, 0.1) is 17.7 Å². The number of hydrogen-bond donors (Lipinski definition) is 2. The molecule has 1 saturated carbocycles. The van der Waals surface area contributed by atoms with E-state index in [0.29, 0.717) is 5.92 Å². The number of hydrogen-bond acceptors (Lipinski definition) is 7. The van der Waals surface area contributed by atoms with Gasteiger partial charge in [-0.25, -0.2) is 14.0 Å². The van der Waals surface area contributed by atoms with E-state index in [1.165, 1.54) is 19.2 Å². The second-order valence-electron chi connectivity index (χ2n) is 12.9. The quantitative estimate of drug-likeness (QED) is 0.260. The van der Waals surface area contributed by atoms with Gasteiger partial charge in [-0.05, 0) is 103 Å². The molecule has 2 unspecified atom stereocenters. The first-order chi connectivity index (χ1) is 21.4. The van der Waals surface area contributed by atoms with Crippen LogP contribution in [0.5, 0.6) is 0 Å². The first-order valence-corrected chi connectivity index (χ1v) is 15.8. The minimum atomic E-state index is -0.668. The number of aldehydes is 1. The van der Waals surface area contributed by atoms with Gasteiger partial charge in [0.25, 0.3) is 0 Å². The summed E-state index contributed by atoms with van der Waals surface area (Å²) in [6, 6.07) is 13.5. The molecule has 246 valence electrons. The highest BCUT2D eigenvalue weighted by Gasteiger charge is 2.38. The molecule has 9 nitrogen and oxygen atoms in total. The Morgan fingerprint density at radius 3 is 2.27 bits per heavy atom. The van der Waals surface area contributed by atoms with Crippen molar-refractivity contribution in [3.05, 3.63) is 65.5 Å². The number of anilines is 1. The number of nitrogens with zero attached hydrogens (tertiary/aromatic N) is 1. The Labute approximate surface area is 266 Å². The Bertz CT molecular complexity index is 1290. The largest absolute Gasteiger partial charge is 0.465 e. The number of carbonyl (C=O) groups is 4. The molecule has 2 aromatic rings. The lowest BCUT2D eigenvalue weighted by Crippen LogP contribution is -2.43. The third-order valence-electron chi connectivity index (χ3n) is 8.51. The van der Waals surface area contributed by atoms with Gasteiger partial charge in [0.15, 0.2) is 0 Å². The molecule has 2 N–H and O–H groups in total. The molecule has 2 amide bonds. The van der Waals surface area contributed by atoms with E-state index < -0.39 is 17.4 Å². The van der Waals surface area contributed by atoms with Crippen LogP contribution in [0.15, 0.2) is 48.5 Å². The van der Waals surface area contributed by atoms with Crippen LogP contribution in [0.3, 0.4) is 0 Å². The van der Waals surface area contributed by atoms with Gasteiger partial charge in [0, 0.05) is 17.9 Å². The molecular weight excluding hydrogens is 577 g/mol. The average molecular weight is 626 g/mol. The number of likely N-dealkylation sites (tertiary alicyclic amines) is 1. The molecule has 4 rings (SSSR count). The molecule has 1 aliphatic carbocycles. The lowest BCUT2D eigenvalue weighted by atomic mass is 9.78.